The fourth-order valence-corrected chi connectivity index (χ4v) is 1.49. The van der Waals surface area contributed by atoms with Gasteiger partial charge in [0.15, 0.2) is 0 Å². The Bertz CT molecular complexity index is 522. The molecule has 0 amide bonds. The summed E-state index contributed by atoms with van der Waals surface area (Å²) >= 11 is 0. The monoisotopic (exact) mass is 212 g/mol. The van der Waals surface area contributed by atoms with Gasteiger partial charge in [-0.05, 0) is 17.7 Å². The van der Waals surface area contributed by atoms with E-state index in [1.54, 1.807) is 16.9 Å². The van der Waals surface area contributed by atoms with Crippen LogP contribution in [0.15, 0.2) is 36.5 Å². The lowest BCUT2D eigenvalue weighted by molar-refractivity contribution is 0.769. The van der Waals surface area contributed by atoms with Crippen LogP contribution in [0, 0.1) is 11.3 Å². The molecule has 2 aromatic rings. The van der Waals surface area contributed by atoms with Gasteiger partial charge in [0.05, 0.1) is 17.8 Å². The molecule has 1 aromatic carbocycles. The minimum Gasteiger partial charge on any atom is -0.366 e. The number of rotatable bonds is 3. The smallest absolute Gasteiger partial charge is 0.124 e. The van der Waals surface area contributed by atoms with Crippen molar-refractivity contribution in [3.8, 4) is 6.07 Å². The van der Waals surface area contributed by atoms with E-state index in [0.717, 1.165) is 11.4 Å². The second kappa shape index (κ2) is 4.49. The molecule has 0 unspecified atom stereocenters. The standard InChI is InChI=1S/C12H12N4/c1-16-12(5-6-15-16)14-9-11-4-2-3-10(7-11)8-13/h2-7,14H,9H2,1H3. The number of benzene rings is 1. The first kappa shape index (κ1) is 10.2. The van der Waals surface area contributed by atoms with Crippen LogP contribution in [0.4, 0.5) is 5.82 Å². The van der Waals surface area contributed by atoms with Crippen LogP contribution >= 0.6 is 0 Å². The Morgan fingerprint density at radius 1 is 1.44 bits per heavy atom. The zero-order chi connectivity index (χ0) is 11.4. The van der Waals surface area contributed by atoms with Gasteiger partial charge in [0.1, 0.15) is 5.82 Å². The highest BCUT2D eigenvalue weighted by atomic mass is 15.3. The number of hydrogen-bond acceptors (Lipinski definition) is 3. The summed E-state index contributed by atoms with van der Waals surface area (Å²) in [5, 5.41) is 16.1. The van der Waals surface area contributed by atoms with E-state index in [9.17, 15) is 0 Å². The molecule has 0 atom stereocenters. The minimum atomic E-state index is 0.685. The first-order valence-corrected chi connectivity index (χ1v) is 5.00. The second-order valence-electron chi connectivity index (χ2n) is 3.51. The van der Waals surface area contributed by atoms with Crippen molar-refractivity contribution in [1.82, 2.24) is 9.78 Å². The van der Waals surface area contributed by atoms with Crippen LogP contribution in [0.2, 0.25) is 0 Å². The molecule has 0 saturated carbocycles. The second-order valence-corrected chi connectivity index (χ2v) is 3.51. The molecule has 0 aliphatic heterocycles. The summed E-state index contributed by atoms with van der Waals surface area (Å²) in [6, 6.07) is 11.6. The maximum Gasteiger partial charge on any atom is 0.124 e. The summed E-state index contributed by atoms with van der Waals surface area (Å²) in [6.45, 7) is 0.690. The number of aromatic nitrogens is 2. The highest BCUT2D eigenvalue weighted by Crippen LogP contribution is 2.08. The Balaban J connectivity index is 2.05. The molecule has 1 heterocycles. The van der Waals surface area contributed by atoms with Crippen LogP contribution < -0.4 is 5.32 Å². The van der Waals surface area contributed by atoms with Crippen molar-refractivity contribution in [2.45, 2.75) is 6.54 Å². The van der Waals surface area contributed by atoms with Gasteiger partial charge < -0.3 is 5.32 Å². The van der Waals surface area contributed by atoms with Gasteiger partial charge in [-0.2, -0.15) is 10.4 Å². The number of nitrogens with one attached hydrogen (secondary N) is 1. The van der Waals surface area contributed by atoms with Gasteiger partial charge in [0.25, 0.3) is 0 Å². The molecular weight excluding hydrogens is 200 g/mol. The molecular formula is C12H12N4. The normalized spacial score (nSPS) is 9.75. The van der Waals surface area contributed by atoms with Crippen LogP contribution in [0.25, 0.3) is 0 Å². The van der Waals surface area contributed by atoms with Gasteiger partial charge in [-0.25, -0.2) is 0 Å². The third-order valence-electron chi connectivity index (χ3n) is 2.35. The SMILES string of the molecule is Cn1nccc1NCc1cccc(C#N)c1. The van der Waals surface area contributed by atoms with Gasteiger partial charge in [-0.3, -0.25) is 4.68 Å². The van der Waals surface area contributed by atoms with Crippen molar-refractivity contribution >= 4 is 5.82 Å². The lowest BCUT2D eigenvalue weighted by atomic mass is 10.1. The molecule has 1 N–H and O–H groups in total. The number of nitriles is 1. The molecule has 0 bridgehead atoms. The molecule has 16 heavy (non-hydrogen) atoms. The quantitative estimate of drug-likeness (QED) is 0.845. The molecule has 0 aliphatic rings. The summed E-state index contributed by atoms with van der Waals surface area (Å²) in [6.07, 6.45) is 1.74. The third kappa shape index (κ3) is 2.20. The van der Waals surface area contributed by atoms with Crippen LogP contribution in [0.3, 0.4) is 0 Å². The predicted molar refractivity (Wildman–Crippen MR) is 61.7 cm³/mol. The topological polar surface area (TPSA) is 53.6 Å². The third-order valence-corrected chi connectivity index (χ3v) is 2.35. The van der Waals surface area contributed by atoms with Crippen LogP contribution in [-0.2, 0) is 13.6 Å². The Morgan fingerprint density at radius 3 is 3.00 bits per heavy atom. The Hall–Kier alpha value is -2.28. The predicted octanol–water partition coefficient (Wildman–Crippen LogP) is 1.90. The summed E-state index contributed by atoms with van der Waals surface area (Å²) in [5.74, 6) is 0.961. The molecule has 0 aliphatic carbocycles. The van der Waals surface area contributed by atoms with Gasteiger partial charge >= 0.3 is 0 Å². The van der Waals surface area contributed by atoms with Gasteiger partial charge in [-0.15, -0.1) is 0 Å². The number of hydrogen-bond donors (Lipinski definition) is 1. The average molecular weight is 212 g/mol. The van der Waals surface area contributed by atoms with Crippen molar-refractivity contribution in [2.75, 3.05) is 5.32 Å². The van der Waals surface area contributed by atoms with E-state index in [1.807, 2.05) is 31.3 Å². The average Bonchev–Trinajstić information content (AvgIpc) is 2.72. The molecule has 0 fully saturated rings. The molecule has 4 heteroatoms. The summed E-state index contributed by atoms with van der Waals surface area (Å²) < 4.78 is 1.77. The summed E-state index contributed by atoms with van der Waals surface area (Å²) in [4.78, 5) is 0. The van der Waals surface area contributed by atoms with E-state index < -0.39 is 0 Å². The van der Waals surface area contributed by atoms with Crippen LogP contribution in [0.5, 0.6) is 0 Å². The largest absolute Gasteiger partial charge is 0.366 e. The van der Waals surface area contributed by atoms with Gasteiger partial charge in [0, 0.05) is 19.7 Å². The zero-order valence-corrected chi connectivity index (χ0v) is 9.01. The van der Waals surface area contributed by atoms with E-state index in [1.165, 1.54) is 0 Å². The van der Waals surface area contributed by atoms with Crippen molar-refractivity contribution in [1.29, 1.82) is 5.26 Å². The van der Waals surface area contributed by atoms with E-state index in [-0.39, 0.29) is 0 Å². The first-order chi connectivity index (χ1) is 7.79. The Kier molecular flexibility index (Phi) is 2.88. The highest BCUT2D eigenvalue weighted by Gasteiger charge is 1.98. The molecule has 4 nitrogen and oxygen atoms in total. The lowest BCUT2D eigenvalue weighted by Crippen LogP contribution is -2.04. The maximum atomic E-state index is 8.77. The van der Waals surface area contributed by atoms with Crippen LogP contribution in [0.1, 0.15) is 11.1 Å². The van der Waals surface area contributed by atoms with Crippen molar-refractivity contribution in [3.63, 3.8) is 0 Å². The summed E-state index contributed by atoms with van der Waals surface area (Å²) in [5.41, 5.74) is 1.77. The first-order valence-electron chi connectivity index (χ1n) is 5.00. The summed E-state index contributed by atoms with van der Waals surface area (Å²) in [7, 11) is 1.88. The molecule has 1 aromatic heterocycles. The number of aryl methyl sites for hydroxylation is 1. The minimum absolute atomic E-state index is 0.685. The fourth-order valence-electron chi connectivity index (χ4n) is 1.49. The van der Waals surface area contributed by atoms with Gasteiger partial charge in [-0.1, -0.05) is 12.1 Å². The molecule has 0 saturated heterocycles. The fraction of sp³-hybridized carbons (Fsp3) is 0.167. The number of nitrogens with zero attached hydrogens (tertiary/aromatic N) is 3. The van der Waals surface area contributed by atoms with E-state index in [4.69, 9.17) is 5.26 Å². The lowest BCUT2D eigenvalue weighted by Gasteiger charge is -2.06. The van der Waals surface area contributed by atoms with Gasteiger partial charge in [0.2, 0.25) is 0 Å². The van der Waals surface area contributed by atoms with E-state index in [2.05, 4.69) is 16.5 Å². The molecule has 80 valence electrons. The van der Waals surface area contributed by atoms with Crippen molar-refractivity contribution < 1.29 is 0 Å². The van der Waals surface area contributed by atoms with Crippen molar-refractivity contribution in [2.24, 2.45) is 7.05 Å². The Morgan fingerprint density at radius 2 is 2.31 bits per heavy atom. The molecule has 0 radical (unpaired) electrons. The van der Waals surface area contributed by atoms with Crippen LogP contribution in [-0.4, -0.2) is 9.78 Å². The van der Waals surface area contributed by atoms with Crippen molar-refractivity contribution in [3.05, 3.63) is 47.7 Å². The Labute approximate surface area is 94.1 Å². The zero-order valence-electron chi connectivity index (χ0n) is 9.01. The highest BCUT2D eigenvalue weighted by molar-refractivity contribution is 5.37. The molecule has 0 spiro atoms. The number of anilines is 1. The van der Waals surface area contributed by atoms with E-state index in [0.29, 0.717) is 12.1 Å². The molecule has 2 rings (SSSR count). The maximum absolute atomic E-state index is 8.77. The van der Waals surface area contributed by atoms with E-state index >= 15 is 0 Å².